The molecule has 1 unspecified atom stereocenters. The van der Waals surface area contributed by atoms with Crippen LogP contribution in [0.3, 0.4) is 0 Å². The highest BCUT2D eigenvalue weighted by atomic mass is 127. The summed E-state index contributed by atoms with van der Waals surface area (Å²) in [7, 11) is 1.92. The normalized spacial score (nSPS) is 12.4. The highest BCUT2D eigenvalue weighted by Gasteiger charge is 2.16. The van der Waals surface area contributed by atoms with Crippen LogP contribution in [0.15, 0.2) is 40.9 Å². The average molecular weight is 448 g/mol. The second kappa shape index (κ2) is 7.00. The van der Waals surface area contributed by atoms with Crippen LogP contribution in [-0.4, -0.2) is 7.05 Å². The van der Waals surface area contributed by atoms with Crippen molar-refractivity contribution in [3.8, 4) is 0 Å². The quantitative estimate of drug-likeness (QED) is 0.650. The fraction of sp³-hybridized carbons (Fsp3) is 0.250. The van der Waals surface area contributed by atoms with Gasteiger partial charge < -0.3 is 5.32 Å². The van der Waals surface area contributed by atoms with E-state index in [9.17, 15) is 4.39 Å². The third-order valence-electron chi connectivity index (χ3n) is 3.38. The first-order valence-corrected chi connectivity index (χ1v) is 8.26. The summed E-state index contributed by atoms with van der Waals surface area (Å²) in [4.78, 5) is 0. The van der Waals surface area contributed by atoms with Crippen LogP contribution in [0.1, 0.15) is 22.7 Å². The van der Waals surface area contributed by atoms with Crippen LogP contribution in [-0.2, 0) is 6.42 Å². The third kappa shape index (κ3) is 3.59. The predicted molar refractivity (Wildman–Crippen MR) is 93.5 cm³/mol. The van der Waals surface area contributed by atoms with Crippen molar-refractivity contribution >= 4 is 38.5 Å². The molecule has 4 heteroatoms. The summed E-state index contributed by atoms with van der Waals surface area (Å²) in [6, 6.07) is 11.4. The van der Waals surface area contributed by atoms with Gasteiger partial charge in [-0.15, -0.1) is 0 Å². The highest BCUT2D eigenvalue weighted by molar-refractivity contribution is 14.1. The van der Waals surface area contributed by atoms with Gasteiger partial charge >= 0.3 is 0 Å². The molecule has 0 fully saturated rings. The number of rotatable bonds is 4. The molecule has 0 saturated heterocycles. The molecule has 0 heterocycles. The number of hydrogen-bond acceptors (Lipinski definition) is 1. The lowest BCUT2D eigenvalue weighted by atomic mass is 9.97. The van der Waals surface area contributed by atoms with Crippen LogP contribution in [0.4, 0.5) is 4.39 Å². The summed E-state index contributed by atoms with van der Waals surface area (Å²) < 4.78 is 16.1. The van der Waals surface area contributed by atoms with Gasteiger partial charge in [-0.1, -0.05) is 34.1 Å². The van der Waals surface area contributed by atoms with E-state index >= 15 is 0 Å². The first-order valence-electron chi connectivity index (χ1n) is 6.39. The molecule has 20 heavy (non-hydrogen) atoms. The minimum atomic E-state index is -0.156. The van der Waals surface area contributed by atoms with Gasteiger partial charge in [-0.3, -0.25) is 0 Å². The molecule has 106 valence electrons. The molecule has 0 bridgehead atoms. The highest BCUT2D eigenvalue weighted by Crippen LogP contribution is 2.27. The molecule has 0 aliphatic carbocycles. The lowest BCUT2D eigenvalue weighted by Crippen LogP contribution is -2.20. The van der Waals surface area contributed by atoms with Crippen molar-refractivity contribution in [2.24, 2.45) is 0 Å². The maximum atomic E-state index is 13.9. The van der Waals surface area contributed by atoms with Gasteiger partial charge in [-0.25, -0.2) is 4.39 Å². The predicted octanol–water partition coefficient (Wildman–Crippen LogP) is 5.00. The number of nitrogens with one attached hydrogen (secondary N) is 1. The molecule has 0 aliphatic rings. The Balaban J connectivity index is 2.34. The Morgan fingerprint density at radius 3 is 2.75 bits per heavy atom. The van der Waals surface area contributed by atoms with E-state index in [0.717, 1.165) is 10.0 Å². The Morgan fingerprint density at radius 1 is 1.30 bits per heavy atom. The summed E-state index contributed by atoms with van der Waals surface area (Å²) in [6.45, 7) is 2.09. The SMILES string of the molecule is CNC(Cc1cc(Br)ccc1F)c1cccc(C)c1I. The first-order chi connectivity index (χ1) is 9.52. The van der Waals surface area contributed by atoms with E-state index in [-0.39, 0.29) is 11.9 Å². The van der Waals surface area contributed by atoms with Crippen LogP contribution in [0.25, 0.3) is 0 Å². The van der Waals surface area contributed by atoms with Crippen LogP contribution in [0, 0.1) is 16.3 Å². The number of halogens is 3. The molecule has 1 atom stereocenters. The number of aryl methyl sites for hydroxylation is 1. The van der Waals surface area contributed by atoms with Crippen molar-refractivity contribution in [2.75, 3.05) is 7.05 Å². The summed E-state index contributed by atoms with van der Waals surface area (Å²) in [6.07, 6.45) is 0.626. The molecule has 1 nitrogen and oxygen atoms in total. The fourth-order valence-corrected chi connectivity index (χ4v) is 3.37. The van der Waals surface area contributed by atoms with Gasteiger partial charge in [-0.2, -0.15) is 0 Å². The molecule has 0 aliphatic heterocycles. The average Bonchev–Trinajstić information content (AvgIpc) is 2.43. The third-order valence-corrected chi connectivity index (χ3v) is 5.34. The largest absolute Gasteiger partial charge is 0.313 e. The van der Waals surface area contributed by atoms with Crippen molar-refractivity contribution in [2.45, 2.75) is 19.4 Å². The zero-order chi connectivity index (χ0) is 14.7. The summed E-state index contributed by atoms with van der Waals surface area (Å²) in [5.41, 5.74) is 3.18. The van der Waals surface area contributed by atoms with E-state index < -0.39 is 0 Å². The molecule has 0 amide bonds. The molecule has 0 spiro atoms. The number of benzene rings is 2. The van der Waals surface area contributed by atoms with E-state index in [1.54, 1.807) is 6.07 Å². The molecular weight excluding hydrogens is 432 g/mol. The van der Waals surface area contributed by atoms with Crippen LogP contribution in [0.5, 0.6) is 0 Å². The second-order valence-electron chi connectivity index (χ2n) is 4.76. The summed E-state index contributed by atoms with van der Waals surface area (Å²) >= 11 is 5.76. The smallest absolute Gasteiger partial charge is 0.126 e. The molecule has 2 rings (SSSR count). The Kier molecular flexibility index (Phi) is 5.57. The van der Waals surface area contributed by atoms with Crippen molar-refractivity contribution in [3.63, 3.8) is 0 Å². The lowest BCUT2D eigenvalue weighted by Gasteiger charge is -2.20. The van der Waals surface area contributed by atoms with Crippen LogP contribution >= 0.6 is 38.5 Å². The van der Waals surface area contributed by atoms with E-state index in [2.05, 4.69) is 69.0 Å². The van der Waals surface area contributed by atoms with Gasteiger partial charge in [0.2, 0.25) is 0 Å². The minimum absolute atomic E-state index is 0.102. The summed E-state index contributed by atoms with van der Waals surface area (Å²) in [5, 5.41) is 3.29. The zero-order valence-electron chi connectivity index (χ0n) is 11.4. The Hall–Kier alpha value is -0.460. The van der Waals surface area contributed by atoms with Crippen molar-refractivity contribution < 1.29 is 4.39 Å². The number of likely N-dealkylation sites (N-methyl/N-ethyl adjacent to an activating group) is 1. The first kappa shape index (κ1) is 15.9. The second-order valence-corrected chi connectivity index (χ2v) is 6.75. The molecule has 0 radical (unpaired) electrons. The van der Waals surface area contributed by atoms with E-state index in [1.165, 1.54) is 20.8 Å². The van der Waals surface area contributed by atoms with Crippen LogP contribution in [0.2, 0.25) is 0 Å². The lowest BCUT2D eigenvalue weighted by molar-refractivity contribution is 0.552. The van der Waals surface area contributed by atoms with Gasteiger partial charge in [0.1, 0.15) is 5.82 Å². The van der Waals surface area contributed by atoms with Crippen LogP contribution < -0.4 is 5.32 Å². The van der Waals surface area contributed by atoms with Gasteiger partial charge in [0, 0.05) is 14.1 Å². The molecule has 0 saturated carbocycles. The molecular formula is C16H16BrFIN. The standard InChI is InChI=1S/C16H16BrFIN/c1-10-4-3-5-13(16(10)19)15(20-2)9-11-8-12(17)6-7-14(11)18/h3-8,15,20H,9H2,1-2H3. The van der Waals surface area contributed by atoms with E-state index in [4.69, 9.17) is 0 Å². The van der Waals surface area contributed by atoms with E-state index in [0.29, 0.717) is 6.42 Å². The Bertz CT molecular complexity index is 615. The topological polar surface area (TPSA) is 12.0 Å². The molecule has 2 aromatic carbocycles. The maximum Gasteiger partial charge on any atom is 0.126 e. The zero-order valence-corrected chi connectivity index (χ0v) is 15.1. The van der Waals surface area contributed by atoms with Gasteiger partial charge in [0.05, 0.1) is 0 Å². The fourth-order valence-electron chi connectivity index (χ4n) is 2.23. The Morgan fingerprint density at radius 2 is 2.05 bits per heavy atom. The van der Waals surface area contributed by atoms with Crippen molar-refractivity contribution in [1.82, 2.24) is 5.32 Å². The summed E-state index contributed by atoms with van der Waals surface area (Å²) in [5.74, 6) is -0.156. The van der Waals surface area contributed by atoms with E-state index in [1.807, 2.05) is 13.1 Å². The van der Waals surface area contributed by atoms with Crippen molar-refractivity contribution in [3.05, 3.63) is 66.9 Å². The monoisotopic (exact) mass is 447 g/mol. The van der Waals surface area contributed by atoms with Gasteiger partial charge in [-0.05, 0) is 77.9 Å². The Labute approximate surface area is 141 Å². The number of hydrogen-bond donors (Lipinski definition) is 1. The maximum absolute atomic E-state index is 13.9. The van der Waals surface area contributed by atoms with Gasteiger partial charge in [0.15, 0.2) is 0 Å². The molecule has 0 aromatic heterocycles. The van der Waals surface area contributed by atoms with Gasteiger partial charge in [0.25, 0.3) is 0 Å². The molecule has 2 aromatic rings. The minimum Gasteiger partial charge on any atom is -0.313 e. The van der Waals surface area contributed by atoms with Crippen molar-refractivity contribution in [1.29, 1.82) is 0 Å². The molecule has 1 N–H and O–H groups in total.